The fraction of sp³-hybridized carbons (Fsp3) is 0.273. The summed E-state index contributed by atoms with van der Waals surface area (Å²) in [6, 6.07) is 15.4. The molecule has 7 heteroatoms. The van der Waals surface area contributed by atoms with Crippen LogP contribution in [0.15, 0.2) is 48.5 Å². The zero-order chi connectivity index (χ0) is 21.0. The summed E-state index contributed by atoms with van der Waals surface area (Å²) in [7, 11) is 0. The Kier molecular flexibility index (Phi) is 6.83. The topological polar surface area (TPSA) is 64.3 Å². The Morgan fingerprint density at radius 1 is 1.21 bits per heavy atom. The van der Waals surface area contributed by atoms with Crippen molar-refractivity contribution in [1.29, 1.82) is 0 Å². The van der Waals surface area contributed by atoms with E-state index in [2.05, 4.69) is 4.98 Å². The lowest BCUT2D eigenvalue weighted by molar-refractivity contribution is -0.141. The first-order chi connectivity index (χ1) is 13.8. The van der Waals surface area contributed by atoms with Gasteiger partial charge in [-0.05, 0) is 36.2 Å². The second-order valence-corrected chi connectivity index (χ2v) is 7.72. The van der Waals surface area contributed by atoms with E-state index in [1.807, 2.05) is 60.0 Å². The molecular formula is C22H22Cl2N2O3. The molecule has 0 saturated carbocycles. The number of carbonyl (C=O) groups is 1. The standard InChI is InChI=1S/C22H22Cl2N2O3/c1-14(22(27)28)10-20-21(24)25-15(2)26(20)12-17-9-8-16(11-19(17)23)13-29-18-6-4-3-5-7-18/h3-9,11,14H,10,12-13H2,1-2H3,(H,27,28). The molecule has 0 fully saturated rings. The summed E-state index contributed by atoms with van der Waals surface area (Å²) in [5.74, 6) is 0.0892. The molecule has 1 unspecified atom stereocenters. The third-order valence-electron chi connectivity index (χ3n) is 4.73. The lowest BCUT2D eigenvalue weighted by Gasteiger charge is -2.14. The van der Waals surface area contributed by atoms with Crippen LogP contribution in [0.2, 0.25) is 10.2 Å². The Morgan fingerprint density at radius 2 is 1.93 bits per heavy atom. The van der Waals surface area contributed by atoms with Crippen LogP contribution in [-0.4, -0.2) is 20.6 Å². The number of aromatic nitrogens is 2. The molecule has 0 amide bonds. The Labute approximate surface area is 179 Å². The summed E-state index contributed by atoms with van der Waals surface area (Å²) in [6.07, 6.45) is 0.301. The number of imidazole rings is 1. The van der Waals surface area contributed by atoms with Gasteiger partial charge in [0.1, 0.15) is 18.2 Å². The molecule has 1 heterocycles. The largest absolute Gasteiger partial charge is 0.489 e. The van der Waals surface area contributed by atoms with Gasteiger partial charge in [0.25, 0.3) is 0 Å². The van der Waals surface area contributed by atoms with Gasteiger partial charge in [-0.1, -0.05) is 60.5 Å². The Hall–Kier alpha value is -2.50. The maximum atomic E-state index is 11.2. The van der Waals surface area contributed by atoms with Crippen LogP contribution >= 0.6 is 23.2 Å². The van der Waals surface area contributed by atoms with E-state index in [1.165, 1.54) is 0 Å². The fourth-order valence-electron chi connectivity index (χ4n) is 3.02. The second-order valence-electron chi connectivity index (χ2n) is 6.95. The molecular weight excluding hydrogens is 411 g/mol. The van der Waals surface area contributed by atoms with Crippen LogP contribution in [0.3, 0.4) is 0 Å². The van der Waals surface area contributed by atoms with E-state index in [9.17, 15) is 9.90 Å². The van der Waals surface area contributed by atoms with Crippen LogP contribution < -0.4 is 4.74 Å². The van der Waals surface area contributed by atoms with E-state index in [-0.39, 0.29) is 0 Å². The predicted octanol–water partition coefficient (Wildman–Crippen LogP) is 5.39. The van der Waals surface area contributed by atoms with Gasteiger partial charge >= 0.3 is 5.97 Å². The Balaban J connectivity index is 1.76. The van der Waals surface area contributed by atoms with E-state index >= 15 is 0 Å². The molecule has 3 aromatic rings. The van der Waals surface area contributed by atoms with E-state index in [1.54, 1.807) is 6.92 Å². The van der Waals surface area contributed by atoms with Crippen molar-refractivity contribution >= 4 is 29.2 Å². The maximum Gasteiger partial charge on any atom is 0.306 e. The maximum absolute atomic E-state index is 11.2. The molecule has 0 aliphatic carbocycles. The molecule has 29 heavy (non-hydrogen) atoms. The lowest BCUT2D eigenvalue weighted by Crippen LogP contribution is -2.16. The molecule has 0 bridgehead atoms. The molecule has 0 radical (unpaired) electrons. The van der Waals surface area contributed by atoms with Gasteiger partial charge in [-0.15, -0.1) is 0 Å². The van der Waals surface area contributed by atoms with Gasteiger partial charge in [-0.25, -0.2) is 4.98 Å². The van der Waals surface area contributed by atoms with Crippen molar-refractivity contribution in [3.8, 4) is 5.75 Å². The minimum absolute atomic E-state index is 0.301. The van der Waals surface area contributed by atoms with Crippen LogP contribution in [-0.2, 0) is 24.4 Å². The molecule has 0 aliphatic heterocycles. The number of rotatable bonds is 8. The minimum Gasteiger partial charge on any atom is -0.489 e. The summed E-state index contributed by atoms with van der Waals surface area (Å²) in [5, 5.41) is 10.2. The number of aliphatic carboxylic acids is 1. The first-order valence-corrected chi connectivity index (χ1v) is 10.00. The molecule has 0 spiro atoms. The number of carboxylic acids is 1. The number of para-hydroxylation sites is 1. The highest BCUT2D eigenvalue weighted by Gasteiger charge is 2.20. The first-order valence-electron chi connectivity index (χ1n) is 9.24. The highest BCUT2D eigenvalue weighted by molar-refractivity contribution is 6.31. The van der Waals surface area contributed by atoms with Gasteiger partial charge in [0.2, 0.25) is 0 Å². The van der Waals surface area contributed by atoms with Crippen molar-refractivity contribution in [3.05, 3.63) is 81.4 Å². The van der Waals surface area contributed by atoms with Gasteiger partial charge < -0.3 is 14.4 Å². The molecule has 3 rings (SSSR count). The van der Waals surface area contributed by atoms with Gasteiger partial charge in [-0.3, -0.25) is 4.79 Å². The van der Waals surface area contributed by atoms with Crippen molar-refractivity contribution < 1.29 is 14.6 Å². The van der Waals surface area contributed by atoms with E-state index < -0.39 is 11.9 Å². The van der Waals surface area contributed by atoms with Crippen molar-refractivity contribution in [2.75, 3.05) is 0 Å². The number of benzene rings is 2. The van der Waals surface area contributed by atoms with E-state index in [0.29, 0.717) is 35.4 Å². The average Bonchev–Trinajstić information content (AvgIpc) is 2.95. The van der Waals surface area contributed by atoms with E-state index in [0.717, 1.165) is 22.7 Å². The summed E-state index contributed by atoms with van der Waals surface area (Å²) in [4.78, 5) is 15.5. The van der Waals surface area contributed by atoms with Crippen LogP contribution in [0.4, 0.5) is 0 Å². The highest BCUT2D eigenvalue weighted by atomic mass is 35.5. The quantitative estimate of drug-likeness (QED) is 0.518. The van der Waals surface area contributed by atoms with Crippen LogP contribution in [0.1, 0.15) is 29.6 Å². The number of carboxylic acid groups (broad SMARTS) is 1. The summed E-state index contributed by atoms with van der Waals surface area (Å²) >= 11 is 12.8. The van der Waals surface area contributed by atoms with Crippen molar-refractivity contribution in [2.24, 2.45) is 5.92 Å². The first kappa shape index (κ1) is 21.2. The molecule has 1 N–H and O–H groups in total. The molecule has 152 valence electrons. The Bertz CT molecular complexity index is 1000. The fourth-order valence-corrected chi connectivity index (χ4v) is 3.58. The van der Waals surface area contributed by atoms with Crippen LogP contribution in [0.25, 0.3) is 0 Å². The number of halogens is 2. The van der Waals surface area contributed by atoms with Gasteiger partial charge in [-0.2, -0.15) is 0 Å². The lowest BCUT2D eigenvalue weighted by atomic mass is 10.1. The number of nitrogens with zero attached hydrogens (tertiary/aromatic N) is 2. The normalized spacial score (nSPS) is 12.0. The molecule has 1 atom stereocenters. The van der Waals surface area contributed by atoms with Crippen molar-refractivity contribution in [2.45, 2.75) is 33.4 Å². The van der Waals surface area contributed by atoms with Crippen molar-refractivity contribution in [3.63, 3.8) is 0 Å². The molecule has 0 saturated heterocycles. The monoisotopic (exact) mass is 432 g/mol. The third kappa shape index (κ3) is 5.31. The van der Waals surface area contributed by atoms with Gasteiger partial charge in [0, 0.05) is 11.4 Å². The molecule has 5 nitrogen and oxygen atoms in total. The minimum atomic E-state index is -0.868. The Morgan fingerprint density at radius 3 is 2.59 bits per heavy atom. The van der Waals surface area contributed by atoms with Crippen LogP contribution in [0.5, 0.6) is 5.75 Å². The molecule has 1 aromatic heterocycles. The van der Waals surface area contributed by atoms with Crippen LogP contribution in [0, 0.1) is 12.8 Å². The summed E-state index contributed by atoms with van der Waals surface area (Å²) in [6.45, 7) is 4.38. The smallest absolute Gasteiger partial charge is 0.306 e. The number of hydrogen-bond acceptors (Lipinski definition) is 3. The zero-order valence-electron chi connectivity index (χ0n) is 16.2. The summed E-state index contributed by atoms with van der Waals surface area (Å²) < 4.78 is 7.69. The zero-order valence-corrected chi connectivity index (χ0v) is 17.7. The molecule has 2 aromatic carbocycles. The second kappa shape index (κ2) is 9.33. The van der Waals surface area contributed by atoms with Crippen molar-refractivity contribution in [1.82, 2.24) is 9.55 Å². The third-order valence-corrected chi connectivity index (χ3v) is 5.38. The average molecular weight is 433 g/mol. The summed E-state index contributed by atoms with van der Waals surface area (Å²) in [5.41, 5.74) is 2.56. The van der Waals surface area contributed by atoms with E-state index in [4.69, 9.17) is 27.9 Å². The van der Waals surface area contributed by atoms with Gasteiger partial charge in [0.05, 0.1) is 18.2 Å². The highest BCUT2D eigenvalue weighted by Crippen LogP contribution is 2.25. The number of hydrogen-bond donors (Lipinski definition) is 1. The SMILES string of the molecule is Cc1nc(Cl)c(CC(C)C(=O)O)n1Cc1ccc(COc2ccccc2)cc1Cl. The van der Waals surface area contributed by atoms with Gasteiger partial charge in [0.15, 0.2) is 5.15 Å². The number of ether oxygens (including phenoxy) is 1. The predicted molar refractivity (Wildman–Crippen MR) is 114 cm³/mol. The molecule has 0 aliphatic rings. The number of aryl methyl sites for hydroxylation is 1.